The van der Waals surface area contributed by atoms with Crippen molar-refractivity contribution in [3.8, 4) is 0 Å². The first kappa shape index (κ1) is 20.3. The van der Waals surface area contributed by atoms with Crippen molar-refractivity contribution in [2.24, 2.45) is 5.92 Å². The third kappa shape index (κ3) is 4.15. The van der Waals surface area contributed by atoms with Crippen LogP contribution in [0.1, 0.15) is 35.3 Å². The van der Waals surface area contributed by atoms with Crippen LogP contribution in [-0.4, -0.2) is 82.2 Å². The second-order valence-electron chi connectivity index (χ2n) is 8.06. The number of aliphatic hydroxyl groups excluding tert-OH is 1. The molecule has 2 aromatic heterocycles. The molecule has 0 spiro atoms. The number of hydrogen-bond donors (Lipinski definition) is 1. The van der Waals surface area contributed by atoms with Crippen LogP contribution in [0, 0.1) is 18.8 Å². The number of ether oxygens (including phenoxy) is 1. The van der Waals surface area contributed by atoms with Gasteiger partial charge in [0.1, 0.15) is 5.65 Å². The smallest absolute Gasteiger partial charge is 0.277 e. The maximum atomic E-state index is 14.8. The molecule has 2 atom stereocenters. The summed E-state index contributed by atoms with van der Waals surface area (Å²) in [6.07, 6.45) is 4.00. The number of aromatic nitrogens is 2. The maximum absolute atomic E-state index is 14.8. The zero-order valence-corrected chi connectivity index (χ0v) is 16.9. The van der Waals surface area contributed by atoms with Crippen LogP contribution in [0.3, 0.4) is 0 Å². The van der Waals surface area contributed by atoms with Gasteiger partial charge in [-0.3, -0.25) is 14.1 Å². The van der Waals surface area contributed by atoms with E-state index in [1.807, 2.05) is 6.92 Å². The number of hydrogen-bond acceptors (Lipinski definition) is 5. The lowest BCUT2D eigenvalue weighted by Gasteiger charge is -2.45. The van der Waals surface area contributed by atoms with E-state index >= 15 is 0 Å². The number of rotatable bonds is 5. The van der Waals surface area contributed by atoms with Gasteiger partial charge < -0.3 is 14.7 Å². The lowest BCUT2D eigenvalue weighted by molar-refractivity contribution is -0.0198. The number of likely N-dealkylation sites (tertiary alicyclic amines) is 1. The average molecular weight is 404 g/mol. The van der Waals surface area contributed by atoms with Gasteiger partial charge in [-0.1, -0.05) is 0 Å². The number of halogens is 1. The molecule has 0 aliphatic carbocycles. The molecule has 0 bridgehead atoms. The number of morpholine rings is 1. The van der Waals surface area contributed by atoms with Gasteiger partial charge in [0.25, 0.3) is 5.91 Å². The Bertz CT molecular complexity index is 865. The number of aryl methyl sites for hydroxylation is 1. The van der Waals surface area contributed by atoms with E-state index in [9.17, 15) is 14.3 Å². The molecule has 0 radical (unpaired) electrons. The fraction of sp³-hybridized carbons (Fsp3) is 0.619. The number of imidazole rings is 1. The van der Waals surface area contributed by atoms with Crippen LogP contribution in [0.4, 0.5) is 4.39 Å². The predicted octanol–water partition coefficient (Wildman–Crippen LogP) is 1.72. The molecule has 4 heterocycles. The van der Waals surface area contributed by atoms with E-state index < -0.39 is 5.95 Å². The second-order valence-corrected chi connectivity index (χ2v) is 8.06. The fourth-order valence-corrected chi connectivity index (χ4v) is 4.63. The highest BCUT2D eigenvalue weighted by Gasteiger charge is 2.36. The molecule has 8 heteroatoms. The topological polar surface area (TPSA) is 70.3 Å². The summed E-state index contributed by atoms with van der Waals surface area (Å²) in [6, 6.07) is 3.93. The van der Waals surface area contributed by atoms with Crippen LogP contribution in [0.2, 0.25) is 0 Å². The van der Waals surface area contributed by atoms with Crippen LogP contribution >= 0.6 is 0 Å². The quantitative estimate of drug-likeness (QED) is 0.822. The minimum absolute atomic E-state index is 0.110. The SMILES string of the molecule is Cc1ccn2c(F)c(C(=O)N3CC[C@H](N4CCOCC4)[C@H](CCCO)C3)nc2c1. The molecule has 0 unspecified atom stereocenters. The molecule has 2 fully saturated rings. The lowest BCUT2D eigenvalue weighted by atomic mass is 9.86. The predicted molar refractivity (Wildman–Crippen MR) is 106 cm³/mol. The Morgan fingerprint density at radius 1 is 1.34 bits per heavy atom. The number of fused-ring (bicyclic) bond motifs is 1. The van der Waals surface area contributed by atoms with Crippen LogP contribution < -0.4 is 0 Å². The van der Waals surface area contributed by atoms with Gasteiger partial charge in [-0.25, -0.2) is 4.98 Å². The molecule has 2 aliphatic heterocycles. The average Bonchev–Trinajstić information content (AvgIpc) is 3.07. The van der Waals surface area contributed by atoms with Gasteiger partial charge in [0.15, 0.2) is 5.69 Å². The van der Waals surface area contributed by atoms with Gasteiger partial charge >= 0.3 is 0 Å². The van der Waals surface area contributed by atoms with Crippen molar-refractivity contribution in [2.75, 3.05) is 46.0 Å². The Morgan fingerprint density at radius 3 is 2.90 bits per heavy atom. The van der Waals surface area contributed by atoms with E-state index in [2.05, 4.69) is 9.88 Å². The monoisotopic (exact) mass is 404 g/mol. The van der Waals surface area contributed by atoms with E-state index in [1.165, 1.54) is 4.40 Å². The summed E-state index contributed by atoms with van der Waals surface area (Å²) in [4.78, 5) is 21.6. The van der Waals surface area contributed by atoms with E-state index in [0.29, 0.717) is 31.2 Å². The molecule has 4 rings (SSSR count). The molecule has 2 aromatic rings. The van der Waals surface area contributed by atoms with Crippen LogP contribution in [0.15, 0.2) is 18.3 Å². The molecule has 0 saturated carbocycles. The van der Waals surface area contributed by atoms with Crippen LogP contribution in [0.5, 0.6) is 0 Å². The van der Waals surface area contributed by atoms with Gasteiger partial charge in [0.05, 0.1) is 13.2 Å². The Labute approximate surface area is 170 Å². The maximum Gasteiger partial charge on any atom is 0.277 e. The summed E-state index contributed by atoms with van der Waals surface area (Å²) < 4.78 is 21.6. The summed E-state index contributed by atoms with van der Waals surface area (Å²) in [5.41, 5.74) is 1.31. The van der Waals surface area contributed by atoms with Gasteiger partial charge in [0, 0.05) is 45.0 Å². The van der Waals surface area contributed by atoms with Crippen molar-refractivity contribution >= 4 is 11.6 Å². The van der Waals surface area contributed by atoms with E-state index in [1.54, 1.807) is 23.2 Å². The Hall–Kier alpha value is -2.03. The molecule has 7 nitrogen and oxygen atoms in total. The van der Waals surface area contributed by atoms with Gasteiger partial charge in [-0.05, 0) is 49.8 Å². The van der Waals surface area contributed by atoms with Crippen LogP contribution in [0.25, 0.3) is 5.65 Å². The van der Waals surface area contributed by atoms with Crippen molar-refractivity contribution in [1.82, 2.24) is 19.2 Å². The van der Waals surface area contributed by atoms with Crippen molar-refractivity contribution in [3.05, 3.63) is 35.5 Å². The van der Waals surface area contributed by atoms with Gasteiger partial charge in [0.2, 0.25) is 5.95 Å². The third-order valence-corrected chi connectivity index (χ3v) is 6.15. The highest BCUT2D eigenvalue weighted by atomic mass is 19.1. The summed E-state index contributed by atoms with van der Waals surface area (Å²) >= 11 is 0. The number of aliphatic hydroxyl groups is 1. The Morgan fingerprint density at radius 2 is 2.14 bits per heavy atom. The lowest BCUT2D eigenvalue weighted by Crippen LogP contribution is -2.55. The molecule has 2 saturated heterocycles. The van der Waals surface area contributed by atoms with Crippen molar-refractivity contribution in [1.29, 1.82) is 0 Å². The normalized spacial score (nSPS) is 23.6. The molecule has 1 N–H and O–H groups in total. The van der Waals surface area contributed by atoms with E-state index in [-0.39, 0.29) is 24.1 Å². The molecule has 2 aliphatic rings. The number of pyridine rings is 1. The largest absolute Gasteiger partial charge is 0.396 e. The molecule has 0 aromatic carbocycles. The second kappa shape index (κ2) is 8.77. The number of carbonyl (C=O) groups excluding carboxylic acids is 1. The van der Waals surface area contributed by atoms with E-state index in [0.717, 1.165) is 44.7 Å². The first-order chi connectivity index (χ1) is 14.1. The third-order valence-electron chi connectivity index (χ3n) is 6.15. The van der Waals surface area contributed by atoms with Crippen molar-refractivity contribution < 1.29 is 19.0 Å². The first-order valence-electron chi connectivity index (χ1n) is 10.4. The van der Waals surface area contributed by atoms with Crippen LogP contribution in [-0.2, 0) is 4.74 Å². The Kier molecular flexibility index (Phi) is 6.12. The molecule has 158 valence electrons. The molecular weight excluding hydrogens is 375 g/mol. The summed E-state index contributed by atoms with van der Waals surface area (Å²) in [7, 11) is 0. The van der Waals surface area contributed by atoms with Gasteiger partial charge in [-0.15, -0.1) is 0 Å². The van der Waals surface area contributed by atoms with Gasteiger partial charge in [-0.2, -0.15) is 4.39 Å². The summed E-state index contributed by atoms with van der Waals surface area (Å²) in [6.45, 7) is 6.46. The minimum Gasteiger partial charge on any atom is -0.396 e. The number of carbonyl (C=O) groups is 1. The fourth-order valence-electron chi connectivity index (χ4n) is 4.63. The molecule has 29 heavy (non-hydrogen) atoms. The highest BCUT2D eigenvalue weighted by molar-refractivity contribution is 5.93. The van der Waals surface area contributed by atoms with Crippen molar-refractivity contribution in [3.63, 3.8) is 0 Å². The highest BCUT2D eigenvalue weighted by Crippen LogP contribution is 2.28. The van der Waals surface area contributed by atoms with Crippen molar-refractivity contribution in [2.45, 2.75) is 32.2 Å². The molecule has 1 amide bonds. The number of amides is 1. The first-order valence-corrected chi connectivity index (χ1v) is 10.4. The summed E-state index contributed by atoms with van der Waals surface area (Å²) in [5, 5.41) is 9.31. The summed E-state index contributed by atoms with van der Waals surface area (Å²) in [5.74, 6) is -0.703. The number of piperidine rings is 1. The molecular formula is C21H29FN4O3. The zero-order chi connectivity index (χ0) is 20.4. The standard InChI is InChI=1S/C21H29FN4O3/c1-15-4-7-26-18(13-15)23-19(20(26)22)21(28)25-6-5-17(16(14-25)3-2-10-27)24-8-11-29-12-9-24/h4,7,13,16-17,27H,2-3,5-6,8-12,14H2,1H3/t16-,17+/m1/s1. The van der Waals surface area contributed by atoms with E-state index in [4.69, 9.17) is 4.74 Å². The minimum atomic E-state index is -0.604. The number of nitrogens with zero attached hydrogens (tertiary/aromatic N) is 4. The zero-order valence-electron chi connectivity index (χ0n) is 16.9. The Balaban J connectivity index is 1.52.